The second-order valence-electron chi connectivity index (χ2n) is 2.51. The van der Waals surface area contributed by atoms with Crippen LogP contribution in [0.1, 0.15) is 5.56 Å². The van der Waals surface area contributed by atoms with Gasteiger partial charge in [-0.05, 0) is 23.8 Å². The van der Waals surface area contributed by atoms with E-state index in [1.807, 2.05) is 24.3 Å². The summed E-state index contributed by atoms with van der Waals surface area (Å²) in [5.74, 6) is 0.300. The molecule has 3 heteroatoms. The lowest BCUT2D eigenvalue weighted by Gasteiger charge is -1.99. The third-order valence-corrected chi connectivity index (χ3v) is 1.53. The maximum absolute atomic E-state index is 10.4. The van der Waals surface area contributed by atoms with E-state index in [0.717, 1.165) is 11.3 Å². The zero-order chi connectivity index (χ0) is 9.68. The number of benzene rings is 1. The molecule has 0 spiro atoms. The van der Waals surface area contributed by atoms with Crippen LogP contribution in [0, 0.1) is 0 Å². The number of rotatable bonds is 3. The molecule has 0 aliphatic rings. The van der Waals surface area contributed by atoms with Crippen molar-refractivity contribution in [1.82, 2.24) is 0 Å². The summed E-state index contributed by atoms with van der Waals surface area (Å²) >= 11 is 0. The van der Waals surface area contributed by atoms with Crippen LogP contribution in [0.4, 0.5) is 0 Å². The van der Waals surface area contributed by atoms with Gasteiger partial charge in [-0.25, -0.2) is 0 Å². The van der Waals surface area contributed by atoms with Crippen molar-refractivity contribution in [2.75, 3.05) is 7.11 Å². The van der Waals surface area contributed by atoms with Crippen LogP contribution in [0.3, 0.4) is 0 Å². The zero-order valence-corrected chi connectivity index (χ0v) is 7.36. The summed E-state index contributed by atoms with van der Waals surface area (Å²) in [6.07, 6.45) is 2.96. The van der Waals surface area contributed by atoms with Crippen LogP contribution in [0.5, 0.6) is 5.75 Å². The number of methoxy groups -OCH3 is 1. The summed E-state index contributed by atoms with van der Waals surface area (Å²) in [6.45, 7) is 0. The minimum Gasteiger partial charge on any atom is -0.497 e. The smallest absolute Gasteiger partial charge is 0.241 e. The first kappa shape index (κ1) is 9.32. The highest BCUT2D eigenvalue weighted by Gasteiger charge is 1.91. The van der Waals surface area contributed by atoms with Crippen LogP contribution >= 0.6 is 0 Å². The van der Waals surface area contributed by atoms with Crippen molar-refractivity contribution >= 4 is 12.0 Å². The van der Waals surface area contributed by atoms with Crippen molar-refractivity contribution in [3.63, 3.8) is 0 Å². The molecule has 0 bridgehead atoms. The van der Waals surface area contributed by atoms with Crippen LogP contribution < -0.4 is 10.5 Å². The van der Waals surface area contributed by atoms with Crippen molar-refractivity contribution < 1.29 is 9.53 Å². The maximum atomic E-state index is 10.4. The highest BCUT2D eigenvalue weighted by Crippen LogP contribution is 2.13. The Labute approximate surface area is 76.8 Å². The van der Waals surface area contributed by atoms with E-state index in [2.05, 4.69) is 0 Å². The molecule has 0 heterocycles. The van der Waals surface area contributed by atoms with E-state index >= 15 is 0 Å². The van der Waals surface area contributed by atoms with Gasteiger partial charge in [0.05, 0.1) is 7.11 Å². The fraction of sp³-hybridized carbons (Fsp3) is 0.100. The summed E-state index contributed by atoms with van der Waals surface area (Å²) in [5.41, 5.74) is 5.84. The lowest BCUT2D eigenvalue weighted by atomic mass is 10.2. The Morgan fingerprint density at radius 2 is 2.31 bits per heavy atom. The van der Waals surface area contributed by atoms with E-state index in [0.29, 0.717) is 0 Å². The SMILES string of the molecule is COc1cccc(/C=C\C(N)=O)c1. The highest BCUT2D eigenvalue weighted by molar-refractivity contribution is 5.90. The van der Waals surface area contributed by atoms with Gasteiger partial charge in [-0.3, -0.25) is 4.79 Å². The number of ether oxygens (including phenoxy) is 1. The highest BCUT2D eigenvalue weighted by atomic mass is 16.5. The van der Waals surface area contributed by atoms with Gasteiger partial charge in [0, 0.05) is 6.08 Å². The largest absolute Gasteiger partial charge is 0.497 e. The number of carbonyl (C=O) groups excluding carboxylic acids is 1. The fourth-order valence-electron chi connectivity index (χ4n) is 0.924. The summed E-state index contributed by atoms with van der Waals surface area (Å²) in [7, 11) is 1.59. The van der Waals surface area contributed by atoms with E-state index in [9.17, 15) is 4.79 Å². The third-order valence-electron chi connectivity index (χ3n) is 1.53. The van der Waals surface area contributed by atoms with Crippen molar-refractivity contribution in [3.8, 4) is 5.75 Å². The van der Waals surface area contributed by atoms with Crippen molar-refractivity contribution in [1.29, 1.82) is 0 Å². The number of amides is 1. The van der Waals surface area contributed by atoms with Crippen LogP contribution in [-0.2, 0) is 4.79 Å². The molecule has 68 valence electrons. The predicted molar refractivity (Wildman–Crippen MR) is 51.2 cm³/mol. The molecule has 1 aromatic rings. The molecule has 2 N–H and O–H groups in total. The molecule has 0 fully saturated rings. The van der Waals surface area contributed by atoms with Gasteiger partial charge in [-0.15, -0.1) is 0 Å². The average molecular weight is 177 g/mol. The topological polar surface area (TPSA) is 52.3 Å². The second kappa shape index (κ2) is 4.30. The van der Waals surface area contributed by atoms with Crippen molar-refractivity contribution in [2.45, 2.75) is 0 Å². The average Bonchev–Trinajstić information content (AvgIpc) is 2.15. The summed E-state index contributed by atoms with van der Waals surface area (Å²) in [5, 5.41) is 0. The summed E-state index contributed by atoms with van der Waals surface area (Å²) in [4.78, 5) is 10.4. The molecular formula is C10H11NO2. The monoisotopic (exact) mass is 177 g/mol. The maximum Gasteiger partial charge on any atom is 0.241 e. The van der Waals surface area contributed by atoms with E-state index in [1.165, 1.54) is 6.08 Å². The molecular weight excluding hydrogens is 166 g/mol. The predicted octanol–water partition coefficient (Wildman–Crippen LogP) is 1.19. The van der Waals surface area contributed by atoms with Gasteiger partial charge in [0.25, 0.3) is 0 Å². The van der Waals surface area contributed by atoms with E-state index in [1.54, 1.807) is 13.2 Å². The molecule has 0 aliphatic heterocycles. The summed E-state index contributed by atoms with van der Waals surface area (Å²) < 4.78 is 5.01. The molecule has 0 unspecified atom stereocenters. The van der Waals surface area contributed by atoms with E-state index < -0.39 is 5.91 Å². The Bertz CT molecular complexity index is 331. The molecule has 0 saturated heterocycles. The van der Waals surface area contributed by atoms with Crippen molar-refractivity contribution in [3.05, 3.63) is 35.9 Å². The Morgan fingerprint density at radius 1 is 1.54 bits per heavy atom. The molecule has 13 heavy (non-hydrogen) atoms. The Morgan fingerprint density at radius 3 is 2.92 bits per heavy atom. The van der Waals surface area contributed by atoms with Crippen molar-refractivity contribution in [2.24, 2.45) is 5.73 Å². The molecule has 0 saturated carbocycles. The van der Waals surface area contributed by atoms with Gasteiger partial charge < -0.3 is 10.5 Å². The quantitative estimate of drug-likeness (QED) is 0.705. The first-order valence-electron chi connectivity index (χ1n) is 3.84. The third kappa shape index (κ3) is 2.99. The number of hydrogen-bond acceptors (Lipinski definition) is 2. The lowest BCUT2D eigenvalue weighted by Crippen LogP contribution is -2.05. The standard InChI is InChI=1S/C10H11NO2/c1-13-9-4-2-3-8(7-9)5-6-10(11)12/h2-7H,1H3,(H2,11,12)/b6-5-. The number of carbonyl (C=O) groups is 1. The van der Waals surface area contributed by atoms with Crippen LogP contribution in [0.2, 0.25) is 0 Å². The molecule has 0 aromatic heterocycles. The molecule has 1 aromatic carbocycles. The van der Waals surface area contributed by atoms with Gasteiger partial charge in [-0.2, -0.15) is 0 Å². The van der Waals surface area contributed by atoms with Gasteiger partial charge in [0.2, 0.25) is 5.91 Å². The van der Waals surface area contributed by atoms with Crippen LogP contribution in [0.25, 0.3) is 6.08 Å². The summed E-state index contributed by atoms with van der Waals surface area (Å²) in [6, 6.07) is 7.36. The van der Waals surface area contributed by atoms with Gasteiger partial charge in [0.1, 0.15) is 5.75 Å². The molecule has 3 nitrogen and oxygen atoms in total. The normalized spacial score (nSPS) is 10.2. The van der Waals surface area contributed by atoms with Gasteiger partial charge in [0.15, 0.2) is 0 Å². The number of nitrogens with two attached hydrogens (primary N) is 1. The van der Waals surface area contributed by atoms with Crippen LogP contribution in [0.15, 0.2) is 30.3 Å². The molecule has 0 radical (unpaired) electrons. The van der Waals surface area contributed by atoms with E-state index in [4.69, 9.17) is 10.5 Å². The number of hydrogen-bond donors (Lipinski definition) is 1. The fourth-order valence-corrected chi connectivity index (χ4v) is 0.924. The Balaban J connectivity index is 2.83. The van der Waals surface area contributed by atoms with Crippen LogP contribution in [-0.4, -0.2) is 13.0 Å². The minimum absolute atomic E-state index is 0.456. The lowest BCUT2D eigenvalue weighted by molar-refractivity contribution is -0.113. The van der Waals surface area contributed by atoms with Gasteiger partial charge in [-0.1, -0.05) is 12.1 Å². The minimum atomic E-state index is -0.456. The van der Waals surface area contributed by atoms with Gasteiger partial charge >= 0.3 is 0 Å². The zero-order valence-electron chi connectivity index (χ0n) is 7.36. The van der Waals surface area contributed by atoms with E-state index in [-0.39, 0.29) is 0 Å². The molecule has 1 rings (SSSR count). The number of primary amides is 1. The second-order valence-corrected chi connectivity index (χ2v) is 2.51. The molecule has 1 amide bonds. The first-order valence-corrected chi connectivity index (χ1v) is 3.84. The molecule has 0 atom stereocenters. The Kier molecular flexibility index (Phi) is 3.09. The Hall–Kier alpha value is -1.77. The first-order chi connectivity index (χ1) is 6.22. The molecule has 0 aliphatic carbocycles.